The first-order valence-corrected chi connectivity index (χ1v) is 13.2. The minimum Gasteiger partial charge on any atom is -0.486 e. The van der Waals surface area contributed by atoms with Gasteiger partial charge in [-0.3, -0.25) is 14.5 Å². The van der Waals surface area contributed by atoms with Crippen LogP contribution in [0.15, 0.2) is 12.1 Å². The first-order valence-electron chi connectivity index (χ1n) is 11.8. The van der Waals surface area contributed by atoms with Gasteiger partial charge in [-0.15, -0.1) is 0 Å². The summed E-state index contributed by atoms with van der Waals surface area (Å²) in [5, 5.41) is 15.6. The molecule has 2 aliphatic heterocycles. The lowest BCUT2D eigenvalue weighted by Crippen LogP contribution is -2.78. The molecule has 4 N–H and O–H groups in total. The molecule has 0 aromatic heterocycles. The standard InChI is InChI=1S/C24H31N3O4S/c1-32-12-18(28)26-16-6-7-24(30)17-10-14-4-5-15(22(25)29)20-19(14)23(24,21(16)31-20)8-9-27(17)11-13-2-3-13/h4-5,13,16-17,21,30H,2-3,6-12H2,1H3,(H2,25,29)(H,26,28)/t16-,17-,21+,23+,24-/m1/s1. The van der Waals surface area contributed by atoms with Gasteiger partial charge in [-0.1, -0.05) is 6.07 Å². The number of likely N-dealkylation sites (tertiary alicyclic amines) is 1. The Kier molecular flexibility index (Phi) is 4.63. The predicted molar refractivity (Wildman–Crippen MR) is 122 cm³/mol. The van der Waals surface area contributed by atoms with Crippen LogP contribution in [-0.4, -0.2) is 70.7 Å². The fraction of sp³-hybridized carbons (Fsp3) is 0.667. The number of thioether (sulfide) groups is 1. The van der Waals surface area contributed by atoms with Crippen molar-refractivity contribution in [1.29, 1.82) is 0 Å². The van der Waals surface area contributed by atoms with Crippen LogP contribution in [-0.2, 0) is 16.6 Å². The average molecular weight is 458 g/mol. The fourth-order valence-electron chi connectivity index (χ4n) is 7.22. The molecule has 172 valence electrons. The minimum absolute atomic E-state index is 0.0160. The van der Waals surface area contributed by atoms with Crippen molar-refractivity contribution in [1.82, 2.24) is 10.2 Å². The van der Waals surface area contributed by atoms with Crippen molar-refractivity contribution < 1.29 is 19.4 Å². The molecule has 0 unspecified atom stereocenters. The zero-order valence-corrected chi connectivity index (χ0v) is 19.2. The number of aliphatic hydroxyl groups is 1. The molecule has 5 aliphatic rings. The number of hydrogen-bond donors (Lipinski definition) is 3. The molecule has 8 heteroatoms. The molecule has 5 atom stereocenters. The van der Waals surface area contributed by atoms with Gasteiger partial charge in [0.1, 0.15) is 11.9 Å². The first kappa shape index (κ1) is 20.8. The van der Waals surface area contributed by atoms with Gasteiger partial charge in [-0.2, -0.15) is 11.8 Å². The van der Waals surface area contributed by atoms with Gasteiger partial charge in [0.25, 0.3) is 5.91 Å². The van der Waals surface area contributed by atoms with Crippen molar-refractivity contribution in [2.75, 3.05) is 25.1 Å². The number of nitrogens with two attached hydrogens (primary N) is 1. The molecule has 3 aliphatic carbocycles. The molecule has 1 spiro atoms. The normalized spacial score (nSPS) is 36.9. The Labute approximate surface area is 192 Å². The van der Waals surface area contributed by atoms with E-state index in [4.69, 9.17) is 10.5 Å². The van der Waals surface area contributed by atoms with E-state index in [9.17, 15) is 14.7 Å². The summed E-state index contributed by atoms with van der Waals surface area (Å²) >= 11 is 1.49. The number of amides is 2. The van der Waals surface area contributed by atoms with Crippen LogP contribution in [0.2, 0.25) is 0 Å². The molecule has 0 radical (unpaired) electrons. The topological polar surface area (TPSA) is 105 Å². The molecule has 1 saturated heterocycles. The summed E-state index contributed by atoms with van der Waals surface area (Å²) in [7, 11) is 0. The van der Waals surface area contributed by atoms with E-state index in [1.807, 2.05) is 12.3 Å². The van der Waals surface area contributed by atoms with E-state index in [-0.39, 0.29) is 18.0 Å². The lowest BCUT2D eigenvalue weighted by Gasteiger charge is -2.64. The number of carbonyl (C=O) groups is 2. The second kappa shape index (κ2) is 7.11. The molecule has 2 heterocycles. The van der Waals surface area contributed by atoms with Crippen LogP contribution in [0.25, 0.3) is 0 Å². The van der Waals surface area contributed by atoms with Crippen molar-refractivity contribution in [3.05, 3.63) is 28.8 Å². The van der Waals surface area contributed by atoms with E-state index in [0.29, 0.717) is 29.9 Å². The summed E-state index contributed by atoms with van der Waals surface area (Å²) in [6.07, 6.45) is 6.86. The number of benzene rings is 1. The summed E-state index contributed by atoms with van der Waals surface area (Å²) in [5.41, 5.74) is 6.66. The van der Waals surface area contributed by atoms with Crippen LogP contribution in [0.4, 0.5) is 0 Å². The molecule has 2 saturated carbocycles. The molecular weight excluding hydrogens is 426 g/mol. The quantitative estimate of drug-likeness (QED) is 0.593. The molecule has 2 amide bonds. The predicted octanol–water partition coefficient (Wildman–Crippen LogP) is 1.20. The first-order chi connectivity index (χ1) is 15.4. The zero-order valence-electron chi connectivity index (χ0n) is 18.4. The van der Waals surface area contributed by atoms with Crippen molar-refractivity contribution in [2.45, 2.75) is 67.7 Å². The molecule has 6 rings (SSSR count). The summed E-state index contributed by atoms with van der Waals surface area (Å²) in [4.78, 5) is 27.3. The summed E-state index contributed by atoms with van der Waals surface area (Å²) in [6.45, 7) is 1.94. The Hall–Kier alpha value is -1.77. The zero-order chi connectivity index (χ0) is 22.3. The molecule has 32 heavy (non-hydrogen) atoms. The number of hydrogen-bond acceptors (Lipinski definition) is 6. The Bertz CT molecular complexity index is 998. The summed E-state index contributed by atoms with van der Waals surface area (Å²) < 4.78 is 6.56. The lowest BCUT2D eigenvalue weighted by atomic mass is 9.48. The maximum atomic E-state index is 12.5. The van der Waals surface area contributed by atoms with Gasteiger partial charge in [-0.05, 0) is 68.9 Å². The number of primary amides is 1. The maximum absolute atomic E-state index is 12.5. The van der Waals surface area contributed by atoms with Gasteiger partial charge in [0.2, 0.25) is 5.91 Å². The highest BCUT2D eigenvalue weighted by molar-refractivity contribution is 7.99. The Morgan fingerprint density at radius 1 is 1.31 bits per heavy atom. The third-order valence-corrected chi connectivity index (χ3v) is 9.22. The number of nitrogens with zero attached hydrogens (tertiary/aromatic N) is 1. The largest absolute Gasteiger partial charge is 0.486 e. The third kappa shape index (κ3) is 2.69. The second-order valence-electron chi connectivity index (χ2n) is 10.3. The smallest absolute Gasteiger partial charge is 0.252 e. The van der Waals surface area contributed by atoms with Gasteiger partial charge >= 0.3 is 0 Å². The Morgan fingerprint density at radius 3 is 2.84 bits per heavy atom. The van der Waals surface area contributed by atoms with Crippen molar-refractivity contribution in [2.24, 2.45) is 11.7 Å². The van der Waals surface area contributed by atoms with Crippen LogP contribution in [0, 0.1) is 5.92 Å². The number of piperidine rings is 1. The number of ether oxygens (including phenoxy) is 1. The highest BCUT2D eigenvalue weighted by atomic mass is 32.2. The van der Waals surface area contributed by atoms with Crippen LogP contribution >= 0.6 is 11.8 Å². The molecule has 7 nitrogen and oxygen atoms in total. The van der Waals surface area contributed by atoms with E-state index in [0.717, 1.165) is 43.0 Å². The van der Waals surface area contributed by atoms with Crippen LogP contribution in [0.1, 0.15) is 53.6 Å². The summed E-state index contributed by atoms with van der Waals surface area (Å²) in [6, 6.07) is 3.61. The highest BCUT2D eigenvalue weighted by Gasteiger charge is 2.73. The van der Waals surface area contributed by atoms with Crippen molar-refractivity contribution in [3.63, 3.8) is 0 Å². The van der Waals surface area contributed by atoms with E-state index in [2.05, 4.69) is 10.2 Å². The van der Waals surface area contributed by atoms with Crippen LogP contribution in [0.5, 0.6) is 5.75 Å². The average Bonchev–Trinajstić information content (AvgIpc) is 3.49. The van der Waals surface area contributed by atoms with Gasteiger partial charge in [0.15, 0.2) is 0 Å². The molecule has 3 fully saturated rings. The third-order valence-electron chi connectivity index (χ3n) is 8.67. The fourth-order valence-corrected chi connectivity index (χ4v) is 7.56. The van der Waals surface area contributed by atoms with E-state index >= 15 is 0 Å². The number of rotatable bonds is 6. The van der Waals surface area contributed by atoms with Gasteiger partial charge in [0.05, 0.1) is 28.4 Å². The van der Waals surface area contributed by atoms with Gasteiger partial charge in [0, 0.05) is 18.2 Å². The lowest BCUT2D eigenvalue weighted by molar-refractivity contribution is -0.192. The van der Waals surface area contributed by atoms with E-state index in [1.165, 1.54) is 24.6 Å². The van der Waals surface area contributed by atoms with E-state index < -0.39 is 23.0 Å². The highest BCUT2D eigenvalue weighted by Crippen LogP contribution is 2.64. The molecule has 1 aromatic carbocycles. The van der Waals surface area contributed by atoms with Crippen LogP contribution in [0.3, 0.4) is 0 Å². The van der Waals surface area contributed by atoms with Gasteiger partial charge < -0.3 is 20.9 Å². The molecular formula is C24H31N3O4S. The van der Waals surface area contributed by atoms with Crippen LogP contribution < -0.4 is 15.8 Å². The van der Waals surface area contributed by atoms with Gasteiger partial charge in [-0.25, -0.2) is 0 Å². The monoisotopic (exact) mass is 457 g/mol. The Morgan fingerprint density at radius 2 is 2.12 bits per heavy atom. The minimum atomic E-state index is -0.944. The summed E-state index contributed by atoms with van der Waals surface area (Å²) in [5.74, 6) is 1.15. The van der Waals surface area contributed by atoms with E-state index in [1.54, 1.807) is 6.07 Å². The van der Waals surface area contributed by atoms with Crippen molar-refractivity contribution in [3.8, 4) is 5.75 Å². The van der Waals surface area contributed by atoms with Crippen molar-refractivity contribution >= 4 is 23.6 Å². The Balaban J connectivity index is 1.48. The number of nitrogens with one attached hydrogen (secondary N) is 1. The molecule has 1 aromatic rings. The SMILES string of the molecule is CSCC(=O)N[C@@H]1CC[C@@]2(O)[C@H]3Cc4ccc(C(N)=O)c5c4[C@@]2(CCN3CC2CC2)[C@H]1O5. The molecule has 2 bridgehead atoms. The maximum Gasteiger partial charge on any atom is 0.252 e. The second-order valence-corrected chi connectivity index (χ2v) is 11.2. The number of carbonyl (C=O) groups excluding carboxylic acids is 2.